The molecule has 0 saturated carbocycles. The maximum atomic E-state index is 10.7. The van der Waals surface area contributed by atoms with Crippen LogP contribution in [0.15, 0.2) is 178 Å². The van der Waals surface area contributed by atoms with Gasteiger partial charge in [-0.2, -0.15) is 46.7 Å². The Labute approximate surface area is 381 Å². The number of rotatable bonds is 12. The number of nitrogens with zero attached hydrogens (tertiary/aromatic N) is 6. The number of alkyl halides is 6. The van der Waals surface area contributed by atoms with E-state index in [1.807, 2.05) is 158 Å². The third-order valence-electron chi connectivity index (χ3n) is 6.81. The Morgan fingerprint density at radius 3 is 0.738 bits per heavy atom. The van der Waals surface area contributed by atoms with Crippen LogP contribution in [0, 0.1) is 0 Å². The van der Waals surface area contributed by atoms with E-state index < -0.39 is 31.3 Å². The number of anilines is 4. The van der Waals surface area contributed by atoms with Crippen molar-refractivity contribution < 1.29 is 71.8 Å². The first kappa shape index (κ1) is 54.2. The smallest absolute Gasteiger partial charge is 0.741 e. The van der Waals surface area contributed by atoms with Crippen LogP contribution in [0.1, 0.15) is 22.8 Å². The Hall–Kier alpha value is -6.92. The number of hydrazone groups is 4. The number of para-hydroxylation sites is 4. The van der Waals surface area contributed by atoms with Gasteiger partial charge in [-0.15, -0.1) is 0 Å². The Balaban J connectivity index is 0.000000333. The van der Waals surface area contributed by atoms with Gasteiger partial charge in [0.1, 0.15) is 0 Å². The molecule has 0 bridgehead atoms. The van der Waals surface area contributed by atoms with E-state index in [1.54, 1.807) is 24.9 Å². The topological polar surface area (TPSA) is 238 Å². The zero-order chi connectivity index (χ0) is 46.9. The van der Waals surface area contributed by atoms with Crippen molar-refractivity contribution in [3.8, 4) is 0 Å². The number of aromatic nitrogens is 2. The van der Waals surface area contributed by atoms with Gasteiger partial charge in [0.05, 0.1) is 70.4 Å². The normalized spacial score (nSPS) is 11.6. The molecule has 6 rings (SSSR count). The zero-order valence-electron chi connectivity index (χ0n) is 33.2. The van der Waals surface area contributed by atoms with Gasteiger partial charge in [0.25, 0.3) is 0 Å². The molecule has 0 radical (unpaired) electrons. The first-order valence-electron chi connectivity index (χ1n) is 17.6. The number of hydrogen-bond donors (Lipinski definition) is 4. The second-order valence-electron chi connectivity index (χ2n) is 11.7. The molecule has 0 fully saturated rings. The molecule has 25 heteroatoms. The van der Waals surface area contributed by atoms with Gasteiger partial charge in [-0.05, 0) is 72.8 Å². The van der Waals surface area contributed by atoms with Gasteiger partial charge in [-0.3, -0.25) is 21.7 Å². The van der Waals surface area contributed by atoms with Crippen molar-refractivity contribution in [2.75, 3.05) is 21.7 Å². The summed E-state index contributed by atoms with van der Waals surface area (Å²) in [7, 11) is -12.2. The number of hydrogen-bond acceptors (Lipinski definition) is 16. The largest absolute Gasteiger partial charge is 2.00 e. The van der Waals surface area contributed by atoms with E-state index in [-0.39, 0.29) is 19.5 Å². The third kappa shape index (κ3) is 22.8. The van der Waals surface area contributed by atoms with Crippen molar-refractivity contribution in [2.45, 2.75) is 11.0 Å². The summed E-state index contributed by atoms with van der Waals surface area (Å²) in [6, 6.07) is 50.4. The van der Waals surface area contributed by atoms with Crippen molar-refractivity contribution in [3.05, 3.63) is 181 Å². The minimum atomic E-state index is -6.09. The summed E-state index contributed by atoms with van der Waals surface area (Å²) in [5, 5.41) is 16.7. The van der Waals surface area contributed by atoms with Crippen molar-refractivity contribution in [1.29, 1.82) is 0 Å². The van der Waals surface area contributed by atoms with E-state index in [9.17, 15) is 26.3 Å². The summed E-state index contributed by atoms with van der Waals surface area (Å²) in [6.07, 6.45) is 6.70. The van der Waals surface area contributed by atoms with Crippen LogP contribution >= 0.6 is 0 Å². The van der Waals surface area contributed by atoms with Crippen LogP contribution in [-0.2, 0) is 39.7 Å². The average molecular weight is 994 g/mol. The van der Waals surface area contributed by atoms with Crippen LogP contribution in [0.25, 0.3) is 0 Å². The van der Waals surface area contributed by atoms with E-state index in [2.05, 4.69) is 52.1 Å². The molecular formula is C40H34F6N10O6S2Zn. The van der Waals surface area contributed by atoms with Gasteiger partial charge >= 0.3 is 30.5 Å². The summed E-state index contributed by atoms with van der Waals surface area (Å²) < 4.78 is 118. The summed E-state index contributed by atoms with van der Waals surface area (Å²) in [5.41, 5.74) is 7.28. The van der Waals surface area contributed by atoms with Gasteiger partial charge in [0.2, 0.25) is 0 Å². The first-order valence-corrected chi connectivity index (χ1v) is 20.5. The quantitative estimate of drug-likeness (QED) is 0.0228. The first-order chi connectivity index (χ1) is 30.3. The summed E-state index contributed by atoms with van der Waals surface area (Å²) in [5.74, 6) is 0. The molecule has 0 spiro atoms. The Bertz CT molecular complexity index is 2340. The maximum Gasteiger partial charge on any atom is 2.00 e. The number of benzene rings is 4. The average Bonchev–Trinajstić information content (AvgIpc) is 3.25. The van der Waals surface area contributed by atoms with Gasteiger partial charge in [-0.1, -0.05) is 84.9 Å². The summed E-state index contributed by atoms with van der Waals surface area (Å²) in [4.78, 5) is 8.91. The SMILES string of the molecule is C(=N\Nc1ccccc1)/c1cccc(/C=N/Nc2ccccc2)n1.C(=N\Nc1ccccc1)/c1cccc(/C=N/Nc2ccccc2)n1.O=S(=O)([O-])C(F)(F)F.O=S(=O)([O-])C(F)(F)F.[Zn+2]. The molecule has 336 valence electrons. The fraction of sp³-hybridized carbons (Fsp3) is 0.0500. The van der Waals surface area contributed by atoms with Crippen molar-refractivity contribution >= 4 is 67.8 Å². The second-order valence-corrected chi connectivity index (χ2v) is 14.5. The van der Waals surface area contributed by atoms with Crippen LogP contribution in [0.3, 0.4) is 0 Å². The fourth-order valence-corrected chi connectivity index (χ4v) is 3.97. The van der Waals surface area contributed by atoms with Crippen LogP contribution in [0.4, 0.5) is 49.1 Å². The maximum absolute atomic E-state index is 10.7. The molecule has 0 aliphatic heterocycles. The van der Waals surface area contributed by atoms with E-state index >= 15 is 0 Å². The standard InChI is InChI=1S/2C19H17N5.2CHF3O3S.Zn/c2*1-3-8-16(9-4-1)23-20-14-18-12-7-13-19(22-18)15-21-24-17-10-5-2-6-11-17;2*2-1(3,4)8(5,6)7;/h2*1-15,23-24H;2*(H,5,6,7);/q;;;;+2/p-2/b2*20-14+,21-15+;;;. The second kappa shape index (κ2) is 27.3. The van der Waals surface area contributed by atoms with E-state index in [1.165, 1.54) is 0 Å². The molecule has 6 aromatic rings. The number of nitrogens with one attached hydrogen (secondary N) is 4. The van der Waals surface area contributed by atoms with Crippen LogP contribution in [-0.4, -0.2) is 71.8 Å². The van der Waals surface area contributed by atoms with Gasteiger partial charge in [-0.25, -0.2) is 26.8 Å². The monoisotopic (exact) mass is 992 g/mol. The Morgan fingerprint density at radius 2 is 0.569 bits per heavy atom. The minimum Gasteiger partial charge on any atom is -0.741 e. The van der Waals surface area contributed by atoms with Crippen LogP contribution < -0.4 is 21.7 Å². The minimum absolute atomic E-state index is 0. The van der Waals surface area contributed by atoms with E-state index in [0.29, 0.717) is 0 Å². The molecule has 16 nitrogen and oxygen atoms in total. The third-order valence-corrected chi connectivity index (χ3v) is 7.94. The number of pyridine rings is 2. The van der Waals surface area contributed by atoms with Crippen LogP contribution in [0.2, 0.25) is 0 Å². The Kier molecular flexibility index (Phi) is 22.8. The molecule has 0 atom stereocenters. The molecule has 65 heavy (non-hydrogen) atoms. The summed E-state index contributed by atoms with van der Waals surface area (Å²) >= 11 is 0. The predicted octanol–water partition coefficient (Wildman–Crippen LogP) is 8.05. The molecule has 4 N–H and O–H groups in total. The van der Waals surface area contributed by atoms with Crippen molar-refractivity contribution in [2.24, 2.45) is 20.4 Å². The van der Waals surface area contributed by atoms with E-state index in [4.69, 9.17) is 25.9 Å². The van der Waals surface area contributed by atoms with Gasteiger partial charge in [0, 0.05) is 0 Å². The molecule has 0 amide bonds. The van der Waals surface area contributed by atoms with Gasteiger partial charge < -0.3 is 9.11 Å². The molecule has 4 aromatic carbocycles. The van der Waals surface area contributed by atoms with Crippen molar-refractivity contribution in [3.63, 3.8) is 0 Å². The molecular weight excluding hydrogens is 960 g/mol. The molecule has 2 aromatic heterocycles. The number of halogens is 6. The fourth-order valence-electron chi connectivity index (χ4n) is 3.97. The van der Waals surface area contributed by atoms with Gasteiger partial charge in [0.15, 0.2) is 20.2 Å². The molecule has 0 saturated heterocycles. The Morgan fingerprint density at radius 1 is 0.385 bits per heavy atom. The predicted molar refractivity (Wildman–Crippen MR) is 231 cm³/mol. The molecule has 0 aliphatic carbocycles. The molecule has 0 unspecified atom stereocenters. The van der Waals surface area contributed by atoms with Crippen LogP contribution in [0.5, 0.6) is 0 Å². The molecule has 0 aliphatic rings. The molecule has 2 heterocycles. The van der Waals surface area contributed by atoms with E-state index in [0.717, 1.165) is 45.5 Å². The van der Waals surface area contributed by atoms with Crippen molar-refractivity contribution in [1.82, 2.24) is 9.97 Å². The summed E-state index contributed by atoms with van der Waals surface area (Å²) in [6.45, 7) is 0. The zero-order valence-corrected chi connectivity index (χ0v) is 37.8.